The van der Waals surface area contributed by atoms with Gasteiger partial charge in [-0.1, -0.05) is 105 Å². The number of rotatable bonds is 29. The molecule has 3 aromatic rings. The fourth-order valence-corrected chi connectivity index (χ4v) is 8.21. The number of hydrogen-bond acceptors (Lipinski definition) is 11. The standard InChI is InChI=1S/C51H71N13O9/c1-31(2)26-39(62-45(68)35(52)27-32-14-6-3-7-15-32)49(72)63-40(29-34-18-10-5-11-19-34)46(69)58-30-43(66)64-25-13-21-41(64)50(73)60-37(22-23-42(53)65)48(71)59-36(20-12-24-57-51(55)56)47(70)61-38(44(54)67)28-33-16-8-4-9-17-33/h3-11,14-19,31,35-41H,12-13,20-30,52H2,1-2H3,(H2,53,65)(H2,54,67)(H,58,69)(H,59,71)(H,60,73)(H,61,70)(H,62,68)(H,63,72)(H4,55,56,57)/t35-,36-,37-,38-,39-,40-,41-/m0/s1. The zero-order valence-corrected chi connectivity index (χ0v) is 41.4. The van der Waals surface area contributed by atoms with Gasteiger partial charge >= 0.3 is 0 Å². The van der Waals surface area contributed by atoms with E-state index in [1.807, 2.05) is 44.2 Å². The van der Waals surface area contributed by atoms with Gasteiger partial charge in [0.15, 0.2) is 5.96 Å². The molecule has 16 N–H and O–H groups in total. The van der Waals surface area contributed by atoms with Crippen LogP contribution in [0, 0.1) is 5.92 Å². The Balaban J connectivity index is 1.45. The Hall–Kier alpha value is -7.88. The summed E-state index contributed by atoms with van der Waals surface area (Å²) < 4.78 is 0. The van der Waals surface area contributed by atoms with Crippen LogP contribution in [0.5, 0.6) is 0 Å². The second kappa shape index (κ2) is 29.5. The Morgan fingerprint density at radius 3 is 1.63 bits per heavy atom. The van der Waals surface area contributed by atoms with Crippen LogP contribution in [0.3, 0.4) is 0 Å². The van der Waals surface area contributed by atoms with E-state index < -0.39 is 102 Å². The molecule has 1 aliphatic rings. The van der Waals surface area contributed by atoms with Crippen molar-refractivity contribution >= 4 is 59.1 Å². The maximum Gasteiger partial charge on any atom is 0.243 e. The summed E-state index contributed by atoms with van der Waals surface area (Å²) in [6.07, 6.45) is 0.706. The van der Waals surface area contributed by atoms with Crippen molar-refractivity contribution < 1.29 is 43.2 Å². The van der Waals surface area contributed by atoms with Crippen molar-refractivity contribution in [3.63, 3.8) is 0 Å². The minimum Gasteiger partial charge on any atom is -0.370 e. The van der Waals surface area contributed by atoms with E-state index in [1.54, 1.807) is 60.7 Å². The van der Waals surface area contributed by atoms with Crippen molar-refractivity contribution in [2.45, 2.75) is 120 Å². The Labute approximate surface area is 425 Å². The molecule has 9 amide bonds. The van der Waals surface area contributed by atoms with Crippen molar-refractivity contribution in [3.8, 4) is 0 Å². The number of carbonyl (C=O) groups is 9. The molecule has 7 atom stereocenters. The monoisotopic (exact) mass is 1010 g/mol. The summed E-state index contributed by atoms with van der Waals surface area (Å²) in [4.78, 5) is 126. The molecule has 22 heteroatoms. The molecule has 22 nitrogen and oxygen atoms in total. The molecule has 0 aromatic heterocycles. The van der Waals surface area contributed by atoms with Crippen molar-refractivity contribution in [1.82, 2.24) is 36.8 Å². The van der Waals surface area contributed by atoms with Crippen LogP contribution in [0.2, 0.25) is 0 Å². The number of hydrogen-bond donors (Lipinski definition) is 11. The molecule has 3 aromatic carbocycles. The van der Waals surface area contributed by atoms with Crippen LogP contribution in [0.4, 0.5) is 0 Å². The first-order valence-corrected chi connectivity index (χ1v) is 24.4. The van der Waals surface area contributed by atoms with Gasteiger partial charge in [0, 0.05) is 32.4 Å². The molecule has 0 unspecified atom stereocenters. The second-order valence-corrected chi connectivity index (χ2v) is 18.4. The molecule has 1 heterocycles. The smallest absolute Gasteiger partial charge is 0.243 e. The van der Waals surface area contributed by atoms with Crippen LogP contribution in [0.25, 0.3) is 0 Å². The zero-order valence-electron chi connectivity index (χ0n) is 41.4. The lowest BCUT2D eigenvalue weighted by Crippen LogP contribution is -2.58. The number of nitrogens with two attached hydrogens (primary N) is 5. The fourth-order valence-electron chi connectivity index (χ4n) is 8.21. The average Bonchev–Trinajstić information content (AvgIpc) is 3.86. The maximum absolute atomic E-state index is 14.0. The Morgan fingerprint density at radius 1 is 0.603 bits per heavy atom. The third-order valence-electron chi connectivity index (χ3n) is 12.0. The summed E-state index contributed by atoms with van der Waals surface area (Å²) in [6, 6.07) is 18.7. The van der Waals surface area contributed by atoms with E-state index in [0.717, 1.165) is 5.56 Å². The normalized spacial score (nSPS) is 15.5. The van der Waals surface area contributed by atoms with Crippen LogP contribution in [0.1, 0.15) is 75.5 Å². The quantitative estimate of drug-likeness (QED) is 0.0213. The molecule has 0 saturated carbocycles. The van der Waals surface area contributed by atoms with Crippen molar-refractivity contribution in [1.29, 1.82) is 0 Å². The van der Waals surface area contributed by atoms with Crippen molar-refractivity contribution in [2.24, 2.45) is 39.6 Å². The van der Waals surface area contributed by atoms with E-state index in [0.29, 0.717) is 17.5 Å². The van der Waals surface area contributed by atoms with Crippen LogP contribution in [-0.2, 0) is 62.4 Å². The molecule has 4 rings (SSSR count). The summed E-state index contributed by atoms with van der Waals surface area (Å²) in [5.74, 6) is -6.71. The highest BCUT2D eigenvalue weighted by Gasteiger charge is 2.37. The first kappa shape index (κ1) is 57.7. The SMILES string of the molecule is CC(C)C[C@H](NC(=O)[C@@H](N)Cc1ccccc1)C(=O)N[C@@H](Cc1ccccc1)C(=O)NCC(=O)N1CCC[C@H]1C(=O)N[C@@H](CCC(N)=O)C(=O)N[C@@H](CCCN=C(N)N)C(=O)N[C@@H](Cc1ccccc1)C(N)=O. The van der Waals surface area contributed by atoms with Gasteiger partial charge in [-0.05, 0) is 67.6 Å². The van der Waals surface area contributed by atoms with E-state index in [1.165, 1.54) is 4.90 Å². The average molecular weight is 1010 g/mol. The summed E-state index contributed by atoms with van der Waals surface area (Å²) in [5, 5.41) is 16.0. The van der Waals surface area contributed by atoms with Gasteiger partial charge in [-0.25, -0.2) is 0 Å². The van der Waals surface area contributed by atoms with Gasteiger partial charge in [-0.15, -0.1) is 0 Å². The Bertz CT molecular complexity index is 2370. The molecule has 0 radical (unpaired) electrons. The zero-order chi connectivity index (χ0) is 53.5. The number of carbonyl (C=O) groups excluding carboxylic acids is 9. The minimum absolute atomic E-state index is 0.0207. The van der Waals surface area contributed by atoms with Gasteiger partial charge in [0.2, 0.25) is 53.2 Å². The Kier molecular flexibility index (Phi) is 23.3. The molecule has 1 fully saturated rings. The van der Waals surface area contributed by atoms with E-state index >= 15 is 0 Å². The van der Waals surface area contributed by atoms with Gasteiger partial charge in [-0.3, -0.25) is 48.1 Å². The molecular weight excluding hydrogens is 939 g/mol. The van der Waals surface area contributed by atoms with Crippen LogP contribution >= 0.6 is 0 Å². The second-order valence-electron chi connectivity index (χ2n) is 18.4. The highest BCUT2D eigenvalue weighted by molar-refractivity contribution is 5.97. The number of guanidine groups is 1. The summed E-state index contributed by atoms with van der Waals surface area (Å²) in [5.41, 5.74) is 30.5. The lowest BCUT2D eigenvalue weighted by Gasteiger charge is -2.28. The number of likely N-dealkylation sites (tertiary alicyclic amines) is 1. The van der Waals surface area contributed by atoms with Gasteiger partial charge in [-0.2, -0.15) is 0 Å². The molecule has 0 bridgehead atoms. The maximum atomic E-state index is 14.0. The minimum atomic E-state index is -1.42. The van der Waals surface area contributed by atoms with E-state index in [4.69, 9.17) is 28.7 Å². The van der Waals surface area contributed by atoms with E-state index in [-0.39, 0.29) is 82.8 Å². The van der Waals surface area contributed by atoms with Crippen LogP contribution in [0.15, 0.2) is 96.0 Å². The largest absolute Gasteiger partial charge is 0.370 e. The van der Waals surface area contributed by atoms with Gasteiger partial charge in [0.1, 0.15) is 36.3 Å². The highest BCUT2D eigenvalue weighted by Crippen LogP contribution is 2.19. The predicted molar refractivity (Wildman–Crippen MR) is 273 cm³/mol. The highest BCUT2D eigenvalue weighted by atomic mass is 16.2. The topological polar surface area (TPSA) is 372 Å². The third-order valence-corrected chi connectivity index (χ3v) is 12.0. The molecule has 1 aliphatic heterocycles. The fraction of sp³-hybridized carbons (Fsp3) is 0.451. The predicted octanol–water partition coefficient (Wildman–Crippen LogP) is -1.58. The van der Waals surface area contributed by atoms with Crippen molar-refractivity contribution in [2.75, 3.05) is 19.6 Å². The summed E-state index contributed by atoms with van der Waals surface area (Å²) in [6.45, 7) is 3.41. The van der Waals surface area contributed by atoms with Gasteiger partial charge in [0.05, 0.1) is 12.6 Å². The first-order valence-electron chi connectivity index (χ1n) is 24.4. The summed E-state index contributed by atoms with van der Waals surface area (Å²) >= 11 is 0. The first-order chi connectivity index (χ1) is 34.8. The molecule has 0 spiro atoms. The molecule has 73 heavy (non-hydrogen) atoms. The lowest BCUT2D eigenvalue weighted by atomic mass is 10.00. The van der Waals surface area contributed by atoms with Crippen LogP contribution < -0.4 is 60.6 Å². The molecular formula is C51H71N13O9. The van der Waals surface area contributed by atoms with Gasteiger partial charge < -0.3 is 65.5 Å². The number of benzene rings is 3. The number of aliphatic imine (C=N–C) groups is 1. The van der Waals surface area contributed by atoms with Crippen molar-refractivity contribution in [3.05, 3.63) is 108 Å². The van der Waals surface area contributed by atoms with Gasteiger partial charge in [0.25, 0.3) is 0 Å². The lowest BCUT2D eigenvalue weighted by molar-refractivity contribution is -0.140. The number of amides is 9. The molecule has 0 aliphatic carbocycles. The van der Waals surface area contributed by atoms with E-state index in [2.05, 4.69) is 36.9 Å². The molecule has 1 saturated heterocycles. The number of nitrogens with zero attached hydrogens (tertiary/aromatic N) is 2. The third kappa shape index (κ3) is 20.0. The van der Waals surface area contributed by atoms with Crippen LogP contribution in [-0.4, -0.2) is 126 Å². The number of primary amides is 2. The Morgan fingerprint density at radius 2 is 1.10 bits per heavy atom. The summed E-state index contributed by atoms with van der Waals surface area (Å²) in [7, 11) is 0. The molecule has 394 valence electrons. The van der Waals surface area contributed by atoms with E-state index in [9.17, 15) is 43.2 Å². The number of nitrogens with one attached hydrogen (secondary N) is 6.